The Hall–Kier alpha value is 0.880. The number of aliphatic hydroxyl groups excluding tert-OH is 3. The largest absolute Gasteiger partial charge is 1.00 e. The van der Waals surface area contributed by atoms with Crippen LogP contribution in [0.3, 0.4) is 0 Å². The van der Waals surface area contributed by atoms with Crippen molar-refractivity contribution in [2.75, 3.05) is 13.2 Å². The molecule has 0 saturated carbocycles. The van der Waals surface area contributed by atoms with Crippen molar-refractivity contribution in [1.29, 1.82) is 0 Å². The summed E-state index contributed by atoms with van der Waals surface area (Å²) in [6, 6.07) is 0. The van der Waals surface area contributed by atoms with E-state index in [1.165, 1.54) is 0 Å². The van der Waals surface area contributed by atoms with Crippen molar-refractivity contribution in [3.05, 3.63) is 11.5 Å². The first-order chi connectivity index (χ1) is 15.3. The average Bonchev–Trinajstić information content (AvgIpc) is 2.92. The van der Waals surface area contributed by atoms with Gasteiger partial charge in [-0.05, 0) is 47.8 Å². The van der Waals surface area contributed by atoms with Crippen LogP contribution in [0.25, 0.3) is 0 Å². The van der Waals surface area contributed by atoms with E-state index in [-0.39, 0.29) is 88.4 Å². The van der Waals surface area contributed by atoms with Crippen LogP contribution < -0.4 is 59.1 Å². The molecule has 0 aromatic carbocycles. The average molecular weight is 555 g/mol. The number of carbonyl (C=O) groups excluding carboxylic acids is 1. The van der Waals surface area contributed by atoms with Crippen LogP contribution in [0.4, 0.5) is 0 Å². The molecule has 4 N–H and O–H groups in total. The number of phosphoric ester groups is 1. The van der Waals surface area contributed by atoms with E-state index < -0.39 is 44.1 Å². The maximum Gasteiger partial charge on any atom is 1.00 e. The van der Waals surface area contributed by atoms with Crippen LogP contribution in [0.5, 0.6) is 0 Å². The maximum atomic E-state index is 12.6. The molecular formula is C24H45Na2O9P+2. The molecule has 0 saturated heterocycles. The maximum absolute atomic E-state index is 12.6. The zero-order valence-corrected chi connectivity index (χ0v) is 28.8. The standard InChI is InChI=1S/C24H45O9P.2Na/c1-15(11-23(3,4)5)9-10-17(16(2)12-24(6,7)8)14-31-34(29,30)33-21-19(27)20(18(26)13-25)32-22(21)28;;/h15-18,20,25-27H,9-14H2,1-8H3,(H,29,30);;/q;2*+1. The summed E-state index contributed by atoms with van der Waals surface area (Å²) in [4.78, 5) is 22.2. The van der Waals surface area contributed by atoms with E-state index in [2.05, 4.69) is 55.4 Å². The van der Waals surface area contributed by atoms with Crippen LogP contribution in [0.1, 0.15) is 81.1 Å². The van der Waals surface area contributed by atoms with E-state index in [0.717, 1.165) is 25.7 Å². The number of hydrogen-bond donors (Lipinski definition) is 4. The fourth-order valence-corrected chi connectivity index (χ4v) is 5.37. The number of carbonyl (C=O) groups is 1. The SMILES string of the molecule is CC(CCC(COP(=O)(O)OC1=C(O)C(C(O)CO)OC1=O)C(C)CC(C)(C)C)CC(C)(C)C.[Na+].[Na+]. The Bertz CT molecular complexity index is 762. The van der Waals surface area contributed by atoms with E-state index in [1.807, 2.05) is 0 Å². The fraction of sp³-hybridized carbons (Fsp3) is 0.875. The molecule has 1 aliphatic heterocycles. The number of cyclic esters (lactones) is 1. The van der Waals surface area contributed by atoms with Crippen LogP contribution in [-0.4, -0.2) is 51.6 Å². The van der Waals surface area contributed by atoms with Crippen molar-refractivity contribution in [3.8, 4) is 0 Å². The van der Waals surface area contributed by atoms with Gasteiger partial charge in [0.1, 0.15) is 6.10 Å². The molecule has 6 unspecified atom stereocenters. The second-order valence-corrected chi connectivity index (χ2v) is 13.5. The summed E-state index contributed by atoms with van der Waals surface area (Å²) in [5.74, 6) is -2.32. The molecule has 12 heteroatoms. The predicted molar refractivity (Wildman–Crippen MR) is 129 cm³/mol. The monoisotopic (exact) mass is 554 g/mol. The normalized spacial score (nSPS) is 21.4. The Kier molecular flexibility index (Phi) is 17.6. The van der Waals surface area contributed by atoms with Gasteiger partial charge in [-0.3, -0.25) is 9.42 Å². The van der Waals surface area contributed by atoms with E-state index >= 15 is 0 Å². The van der Waals surface area contributed by atoms with Gasteiger partial charge in [0, 0.05) is 0 Å². The summed E-state index contributed by atoms with van der Waals surface area (Å²) >= 11 is 0. The summed E-state index contributed by atoms with van der Waals surface area (Å²) in [5, 5.41) is 28.7. The predicted octanol–water partition coefficient (Wildman–Crippen LogP) is -1.28. The van der Waals surface area contributed by atoms with Crippen LogP contribution in [-0.2, 0) is 23.1 Å². The molecule has 36 heavy (non-hydrogen) atoms. The molecule has 0 aromatic heterocycles. The second-order valence-electron chi connectivity index (χ2n) is 12.1. The van der Waals surface area contributed by atoms with Gasteiger partial charge in [-0.2, -0.15) is 0 Å². The third-order valence-corrected chi connectivity index (χ3v) is 6.74. The van der Waals surface area contributed by atoms with Crippen molar-refractivity contribution >= 4 is 13.8 Å². The minimum absolute atomic E-state index is 0. The van der Waals surface area contributed by atoms with Gasteiger partial charge in [0.05, 0.1) is 13.2 Å². The van der Waals surface area contributed by atoms with Crippen LogP contribution in [0.2, 0.25) is 0 Å². The zero-order chi connectivity index (χ0) is 26.5. The molecule has 200 valence electrons. The van der Waals surface area contributed by atoms with Crippen molar-refractivity contribution in [3.63, 3.8) is 0 Å². The van der Waals surface area contributed by atoms with Gasteiger partial charge in [-0.1, -0.05) is 61.8 Å². The summed E-state index contributed by atoms with van der Waals surface area (Å²) < 4.78 is 27.4. The minimum atomic E-state index is -4.77. The van der Waals surface area contributed by atoms with Crippen LogP contribution >= 0.6 is 7.82 Å². The second kappa shape index (κ2) is 16.2. The van der Waals surface area contributed by atoms with E-state index in [0.29, 0.717) is 5.92 Å². The van der Waals surface area contributed by atoms with E-state index in [1.54, 1.807) is 0 Å². The van der Waals surface area contributed by atoms with Gasteiger partial charge >= 0.3 is 72.9 Å². The van der Waals surface area contributed by atoms with Crippen LogP contribution in [0.15, 0.2) is 11.5 Å². The number of hydrogen-bond acceptors (Lipinski definition) is 8. The topological polar surface area (TPSA) is 143 Å². The Morgan fingerprint density at radius 2 is 1.56 bits per heavy atom. The summed E-state index contributed by atoms with van der Waals surface area (Å²) in [6.45, 7) is 16.5. The molecule has 0 aliphatic carbocycles. The number of esters is 1. The number of ether oxygens (including phenoxy) is 1. The van der Waals surface area contributed by atoms with Crippen molar-refractivity contribution < 1.29 is 102 Å². The first kappa shape index (κ1) is 39.0. The number of rotatable bonds is 13. The molecule has 0 spiro atoms. The quantitative estimate of drug-likeness (QED) is 0.124. The van der Waals surface area contributed by atoms with Gasteiger partial charge in [0.25, 0.3) is 5.76 Å². The summed E-state index contributed by atoms with van der Waals surface area (Å²) in [7, 11) is -4.77. The Morgan fingerprint density at radius 1 is 1.03 bits per heavy atom. The summed E-state index contributed by atoms with van der Waals surface area (Å²) in [6.07, 6.45) is 0.527. The van der Waals surface area contributed by atoms with Gasteiger partial charge in [-0.25, -0.2) is 9.36 Å². The van der Waals surface area contributed by atoms with E-state index in [9.17, 15) is 24.5 Å². The zero-order valence-electron chi connectivity index (χ0n) is 23.9. The Morgan fingerprint density at radius 3 is 2.03 bits per heavy atom. The Labute approximate surface area is 260 Å². The fourth-order valence-electron chi connectivity index (χ4n) is 4.54. The third kappa shape index (κ3) is 14.3. The molecule has 1 heterocycles. The molecule has 9 nitrogen and oxygen atoms in total. The van der Waals surface area contributed by atoms with Gasteiger partial charge in [0.2, 0.25) is 0 Å². The molecule has 0 bridgehead atoms. The smallest absolute Gasteiger partial charge is 0.505 e. The van der Waals surface area contributed by atoms with Crippen molar-refractivity contribution in [2.24, 2.45) is 28.6 Å². The molecule has 0 amide bonds. The number of aliphatic hydroxyl groups is 3. The van der Waals surface area contributed by atoms with Gasteiger partial charge < -0.3 is 24.6 Å². The van der Waals surface area contributed by atoms with Crippen LogP contribution in [0, 0.1) is 28.6 Å². The molecule has 1 rings (SSSR count). The van der Waals surface area contributed by atoms with Crippen molar-refractivity contribution in [2.45, 2.75) is 93.3 Å². The molecule has 0 radical (unpaired) electrons. The third-order valence-electron chi connectivity index (χ3n) is 5.85. The summed E-state index contributed by atoms with van der Waals surface area (Å²) in [5.41, 5.74) is 0.283. The molecular weight excluding hydrogens is 509 g/mol. The molecule has 6 atom stereocenters. The minimum Gasteiger partial charge on any atom is -0.505 e. The molecule has 0 fully saturated rings. The van der Waals surface area contributed by atoms with Gasteiger partial charge in [0.15, 0.2) is 11.9 Å². The molecule has 1 aliphatic rings. The van der Waals surface area contributed by atoms with Crippen molar-refractivity contribution in [1.82, 2.24) is 0 Å². The molecule has 0 aromatic rings. The first-order valence-corrected chi connectivity index (χ1v) is 13.4. The van der Waals surface area contributed by atoms with E-state index in [4.69, 9.17) is 18.9 Å². The van der Waals surface area contributed by atoms with Gasteiger partial charge in [-0.15, -0.1) is 0 Å². The Balaban J connectivity index is 0. The number of phosphoric acid groups is 1. The first-order valence-electron chi connectivity index (χ1n) is 11.9.